The summed E-state index contributed by atoms with van der Waals surface area (Å²) in [6.07, 6.45) is 0. The van der Waals surface area contributed by atoms with E-state index in [2.05, 4.69) is 0 Å². The lowest BCUT2D eigenvalue weighted by Crippen LogP contribution is -2.44. The number of carbonyl (C=O) groups excluding carboxylic acids is 1. The van der Waals surface area contributed by atoms with Gasteiger partial charge in [0.2, 0.25) is 0 Å². The lowest BCUT2D eigenvalue weighted by atomic mass is 10.1. The Kier molecular flexibility index (Phi) is 3.52. The van der Waals surface area contributed by atoms with Crippen molar-refractivity contribution < 1.29 is 9.90 Å². The summed E-state index contributed by atoms with van der Waals surface area (Å²) >= 11 is 1.61. The smallest absolute Gasteiger partial charge is 0.254 e. The Labute approximate surface area is 94.3 Å². The van der Waals surface area contributed by atoms with E-state index in [0.29, 0.717) is 0 Å². The first-order valence-corrected chi connectivity index (χ1v) is 5.75. The molecule has 0 fully saturated rings. The monoisotopic (exact) mass is 227 g/mol. The standard InChI is InChI=1S/C11H17NO2S/c1-8(9-6-5-7-15-9)12(4)10(13)11(2,3)14/h5-8,14H,1-4H3. The number of rotatable bonds is 3. The lowest BCUT2D eigenvalue weighted by molar-refractivity contribution is -0.148. The third-order valence-electron chi connectivity index (χ3n) is 2.38. The van der Waals surface area contributed by atoms with E-state index in [9.17, 15) is 9.90 Å². The van der Waals surface area contributed by atoms with Crippen LogP contribution < -0.4 is 0 Å². The van der Waals surface area contributed by atoms with Crippen molar-refractivity contribution in [3.8, 4) is 0 Å². The summed E-state index contributed by atoms with van der Waals surface area (Å²) < 4.78 is 0. The molecule has 1 N–H and O–H groups in total. The second-order valence-corrected chi connectivity index (χ2v) is 5.15. The Morgan fingerprint density at radius 3 is 2.60 bits per heavy atom. The Morgan fingerprint density at radius 2 is 2.20 bits per heavy atom. The number of thiophene rings is 1. The Morgan fingerprint density at radius 1 is 1.60 bits per heavy atom. The van der Waals surface area contributed by atoms with Gasteiger partial charge in [-0.2, -0.15) is 0 Å². The third kappa shape index (κ3) is 2.79. The number of aliphatic hydroxyl groups is 1. The molecule has 0 saturated carbocycles. The molecule has 0 spiro atoms. The maximum Gasteiger partial charge on any atom is 0.254 e. The number of likely N-dealkylation sites (N-methyl/N-ethyl adjacent to an activating group) is 1. The quantitative estimate of drug-likeness (QED) is 0.858. The normalized spacial score (nSPS) is 13.7. The molecule has 1 atom stereocenters. The molecule has 1 heterocycles. The van der Waals surface area contributed by atoms with Gasteiger partial charge in [-0.1, -0.05) is 6.07 Å². The van der Waals surface area contributed by atoms with Crippen molar-refractivity contribution in [2.24, 2.45) is 0 Å². The lowest BCUT2D eigenvalue weighted by Gasteiger charge is -2.29. The van der Waals surface area contributed by atoms with Gasteiger partial charge in [-0.05, 0) is 32.2 Å². The van der Waals surface area contributed by atoms with Gasteiger partial charge in [-0.25, -0.2) is 0 Å². The van der Waals surface area contributed by atoms with Gasteiger partial charge < -0.3 is 10.0 Å². The molecule has 0 aliphatic rings. The zero-order valence-electron chi connectivity index (χ0n) is 9.52. The van der Waals surface area contributed by atoms with E-state index in [0.717, 1.165) is 4.88 Å². The summed E-state index contributed by atoms with van der Waals surface area (Å²) in [5.74, 6) is -0.261. The Balaban J connectivity index is 2.78. The fraction of sp³-hybridized carbons (Fsp3) is 0.545. The predicted molar refractivity (Wildman–Crippen MR) is 61.8 cm³/mol. The minimum Gasteiger partial charge on any atom is -0.381 e. The molecule has 0 aliphatic heterocycles. The molecule has 0 bridgehead atoms. The Bertz CT molecular complexity index is 327. The molecule has 3 nitrogen and oxygen atoms in total. The van der Waals surface area contributed by atoms with Crippen LogP contribution in [0.4, 0.5) is 0 Å². The van der Waals surface area contributed by atoms with Gasteiger partial charge in [-0.15, -0.1) is 11.3 Å². The molecule has 1 aromatic heterocycles. The van der Waals surface area contributed by atoms with Gasteiger partial charge in [0.25, 0.3) is 5.91 Å². The SMILES string of the molecule is CC(c1cccs1)N(C)C(=O)C(C)(C)O. The number of nitrogens with zero attached hydrogens (tertiary/aromatic N) is 1. The van der Waals surface area contributed by atoms with Crippen molar-refractivity contribution in [1.82, 2.24) is 4.90 Å². The highest BCUT2D eigenvalue weighted by Gasteiger charge is 2.30. The van der Waals surface area contributed by atoms with Crippen molar-refractivity contribution >= 4 is 17.2 Å². The van der Waals surface area contributed by atoms with Crippen molar-refractivity contribution in [2.45, 2.75) is 32.4 Å². The second kappa shape index (κ2) is 4.33. The van der Waals surface area contributed by atoms with Gasteiger partial charge in [0.15, 0.2) is 0 Å². The highest BCUT2D eigenvalue weighted by atomic mass is 32.1. The van der Waals surface area contributed by atoms with Crippen LogP contribution in [0.5, 0.6) is 0 Å². The summed E-state index contributed by atoms with van der Waals surface area (Å²) in [7, 11) is 1.71. The highest BCUT2D eigenvalue weighted by Crippen LogP contribution is 2.25. The molecule has 0 saturated heterocycles. The van der Waals surface area contributed by atoms with E-state index in [-0.39, 0.29) is 11.9 Å². The molecular formula is C11H17NO2S. The van der Waals surface area contributed by atoms with Crippen LogP contribution in [0.1, 0.15) is 31.7 Å². The Hall–Kier alpha value is -0.870. The highest BCUT2D eigenvalue weighted by molar-refractivity contribution is 7.10. The summed E-state index contributed by atoms with van der Waals surface area (Å²) in [5.41, 5.74) is -1.31. The first-order chi connectivity index (χ1) is 6.84. The molecule has 1 amide bonds. The van der Waals surface area contributed by atoms with Crippen molar-refractivity contribution in [3.63, 3.8) is 0 Å². The maximum absolute atomic E-state index is 11.8. The molecule has 0 aromatic carbocycles. The third-order valence-corrected chi connectivity index (χ3v) is 3.42. The first kappa shape index (κ1) is 12.2. The molecule has 1 unspecified atom stereocenters. The van der Waals surface area contributed by atoms with Gasteiger partial charge >= 0.3 is 0 Å². The molecule has 0 radical (unpaired) electrons. The van der Waals surface area contributed by atoms with E-state index in [4.69, 9.17) is 0 Å². The topological polar surface area (TPSA) is 40.5 Å². The van der Waals surface area contributed by atoms with E-state index >= 15 is 0 Å². The fourth-order valence-electron chi connectivity index (χ4n) is 1.33. The van der Waals surface area contributed by atoms with Crippen LogP contribution in [0.15, 0.2) is 17.5 Å². The molecule has 4 heteroatoms. The van der Waals surface area contributed by atoms with E-state index in [1.54, 1.807) is 23.3 Å². The van der Waals surface area contributed by atoms with Crippen molar-refractivity contribution in [1.29, 1.82) is 0 Å². The minimum absolute atomic E-state index is 0.00363. The summed E-state index contributed by atoms with van der Waals surface area (Å²) in [6.45, 7) is 4.97. The van der Waals surface area contributed by atoms with Gasteiger partial charge in [0.1, 0.15) is 5.60 Å². The minimum atomic E-state index is -1.31. The van der Waals surface area contributed by atoms with Crippen LogP contribution in [0.2, 0.25) is 0 Å². The van der Waals surface area contributed by atoms with Crippen LogP contribution >= 0.6 is 11.3 Å². The first-order valence-electron chi connectivity index (χ1n) is 4.87. The van der Waals surface area contributed by atoms with Gasteiger partial charge in [0.05, 0.1) is 6.04 Å². The van der Waals surface area contributed by atoms with Gasteiger partial charge in [-0.3, -0.25) is 4.79 Å². The second-order valence-electron chi connectivity index (χ2n) is 4.17. The number of hydrogen-bond donors (Lipinski definition) is 1. The van der Waals surface area contributed by atoms with Crippen LogP contribution in [0.25, 0.3) is 0 Å². The maximum atomic E-state index is 11.8. The number of carbonyl (C=O) groups is 1. The zero-order valence-corrected chi connectivity index (χ0v) is 10.3. The largest absolute Gasteiger partial charge is 0.381 e. The van der Waals surface area contributed by atoms with Crippen molar-refractivity contribution in [3.05, 3.63) is 22.4 Å². The van der Waals surface area contributed by atoms with E-state index in [1.807, 2.05) is 24.4 Å². The van der Waals surface area contributed by atoms with Gasteiger partial charge in [0, 0.05) is 11.9 Å². The zero-order chi connectivity index (χ0) is 11.6. The molecule has 15 heavy (non-hydrogen) atoms. The van der Waals surface area contributed by atoms with Crippen LogP contribution in [-0.2, 0) is 4.79 Å². The summed E-state index contributed by atoms with van der Waals surface area (Å²) in [6, 6.07) is 3.95. The molecule has 84 valence electrons. The number of hydrogen-bond acceptors (Lipinski definition) is 3. The average Bonchev–Trinajstić information content (AvgIpc) is 2.65. The van der Waals surface area contributed by atoms with Crippen molar-refractivity contribution in [2.75, 3.05) is 7.05 Å². The molecule has 0 aliphatic carbocycles. The van der Waals surface area contributed by atoms with E-state index in [1.165, 1.54) is 13.8 Å². The summed E-state index contributed by atoms with van der Waals surface area (Å²) in [4.78, 5) is 14.5. The average molecular weight is 227 g/mol. The predicted octanol–water partition coefficient (Wildman–Crippen LogP) is 2.04. The molecule has 1 rings (SSSR count). The fourth-order valence-corrected chi connectivity index (χ4v) is 2.15. The van der Waals surface area contributed by atoms with Crippen LogP contribution in [0.3, 0.4) is 0 Å². The summed E-state index contributed by atoms with van der Waals surface area (Å²) in [5, 5.41) is 11.6. The van der Waals surface area contributed by atoms with Crippen LogP contribution in [-0.4, -0.2) is 28.6 Å². The number of amides is 1. The van der Waals surface area contributed by atoms with E-state index < -0.39 is 5.60 Å². The molecular weight excluding hydrogens is 210 g/mol. The van der Waals surface area contributed by atoms with Crippen LogP contribution in [0, 0.1) is 0 Å². The molecule has 1 aromatic rings.